The molecular weight excluding hydrogens is 206 g/mol. The number of ether oxygens (including phenoxy) is 1. The molecule has 88 valence electrons. The number of nitrogen functional groups attached to an aromatic ring is 1. The van der Waals surface area contributed by atoms with E-state index in [0.29, 0.717) is 22.9 Å². The second-order valence-electron chi connectivity index (χ2n) is 3.52. The molecule has 1 aromatic heterocycles. The summed E-state index contributed by atoms with van der Waals surface area (Å²) in [6.45, 7) is 5.88. The smallest absolute Gasteiger partial charge is 0.393 e. The minimum atomic E-state index is -0.0823. The normalized spacial score (nSPS) is 10.1. The molecule has 5 nitrogen and oxygen atoms in total. The summed E-state index contributed by atoms with van der Waals surface area (Å²) in [4.78, 5) is 3.84. The Morgan fingerprint density at radius 2 is 2.38 bits per heavy atom. The van der Waals surface area contributed by atoms with Crippen molar-refractivity contribution < 1.29 is 9.47 Å². The first-order valence-corrected chi connectivity index (χ1v) is 5.25. The fourth-order valence-corrected chi connectivity index (χ4v) is 1.25. The number of aromatic nitrogens is 2. The summed E-state index contributed by atoms with van der Waals surface area (Å²) in [6, 6.07) is 1.58. The lowest BCUT2D eigenvalue weighted by molar-refractivity contribution is -0.599. The van der Waals surface area contributed by atoms with Crippen LogP contribution >= 0.6 is 0 Å². The highest BCUT2D eigenvalue weighted by atomic mass is 16.5. The molecule has 0 bridgehead atoms. The van der Waals surface area contributed by atoms with Gasteiger partial charge in [-0.1, -0.05) is 6.08 Å². The molecular formula is C11H17N3O2. The van der Waals surface area contributed by atoms with Crippen LogP contribution in [0.2, 0.25) is 0 Å². The number of hydrogen-bond acceptors (Lipinski definition) is 4. The van der Waals surface area contributed by atoms with E-state index in [1.807, 2.05) is 6.08 Å². The molecule has 1 heterocycles. The van der Waals surface area contributed by atoms with Crippen molar-refractivity contribution in [1.82, 2.24) is 4.98 Å². The van der Waals surface area contributed by atoms with Crippen molar-refractivity contribution in [2.45, 2.75) is 26.2 Å². The minimum absolute atomic E-state index is 0.0823. The van der Waals surface area contributed by atoms with E-state index < -0.39 is 0 Å². The fraction of sp³-hybridized carbons (Fsp3) is 0.455. The average molecular weight is 223 g/mol. The Labute approximate surface area is 95.1 Å². The van der Waals surface area contributed by atoms with Crippen molar-refractivity contribution >= 4 is 5.95 Å². The standard InChI is InChI=1S/C11H17N3O2/c1-3-4-5-6-7-16-10-8-9(2)14(15)11(12)13-10/h3,8H,1,4-7H2,2H3,(H2,12,13). The number of hydrogen-bond donors (Lipinski definition) is 1. The van der Waals surface area contributed by atoms with Crippen LogP contribution in [0.3, 0.4) is 0 Å². The maximum absolute atomic E-state index is 11.2. The molecule has 0 radical (unpaired) electrons. The summed E-state index contributed by atoms with van der Waals surface area (Å²) in [5.41, 5.74) is 5.90. The van der Waals surface area contributed by atoms with E-state index in [9.17, 15) is 5.21 Å². The van der Waals surface area contributed by atoms with Crippen molar-refractivity contribution in [2.75, 3.05) is 12.3 Å². The van der Waals surface area contributed by atoms with Crippen LogP contribution < -0.4 is 15.2 Å². The highest BCUT2D eigenvalue weighted by Crippen LogP contribution is 2.09. The van der Waals surface area contributed by atoms with E-state index in [2.05, 4.69) is 11.6 Å². The molecule has 16 heavy (non-hydrogen) atoms. The lowest BCUT2D eigenvalue weighted by atomic mass is 10.2. The lowest BCUT2D eigenvalue weighted by Crippen LogP contribution is -2.35. The second-order valence-corrected chi connectivity index (χ2v) is 3.52. The van der Waals surface area contributed by atoms with Gasteiger partial charge in [0.15, 0.2) is 0 Å². The maximum Gasteiger partial charge on any atom is 0.393 e. The van der Waals surface area contributed by atoms with E-state index in [0.717, 1.165) is 19.3 Å². The van der Waals surface area contributed by atoms with Crippen molar-refractivity contribution in [3.63, 3.8) is 0 Å². The van der Waals surface area contributed by atoms with Crippen LogP contribution in [0.4, 0.5) is 5.95 Å². The van der Waals surface area contributed by atoms with E-state index in [-0.39, 0.29) is 5.95 Å². The van der Waals surface area contributed by atoms with Gasteiger partial charge in [0, 0.05) is 0 Å². The van der Waals surface area contributed by atoms with Gasteiger partial charge in [0.1, 0.15) is 0 Å². The molecule has 0 unspecified atom stereocenters. The molecule has 0 fully saturated rings. The number of nitrogens with two attached hydrogens (primary N) is 1. The van der Waals surface area contributed by atoms with Gasteiger partial charge in [0.25, 0.3) is 5.88 Å². The Balaban J connectivity index is 2.45. The zero-order valence-electron chi connectivity index (χ0n) is 9.48. The van der Waals surface area contributed by atoms with Crippen molar-refractivity contribution in [3.8, 4) is 5.88 Å². The molecule has 0 saturated carbocycles. The molecule has 2 N–H and O–H groups in total. The van der Waals surface area contributed by atoms with E-state index in [4.69, 9.17) is 10.5 Å². The molecule has 0 spiro atoms. The van der Waals surface area contributed by atoms with Gasteiger partial charge in [-0.05, 0) is 31.2 Å². The van der Waals surface area contributed by atoms with Crippen LogP contribution in [0.5, 0.6) is 5.88 Å². The molecule has 1 aromatic rings. The van der Waals surface area contributed by atoms with Gasteiger partial charge in [0.2, 0.25) is 0 Å². The van der Waals surface area contributed by atoms with Gasteiger partial charge in [-0.3, -0.25) is 5.73 Å². The van der Waals surface area contributed by atoms with E-state index >= 15 is 0 Å². The van der Waals surface area contributed by atoms with Crippen LogP contribution in [-0.4, -0.2) is 11.6 Å². The Kier molecular flexibility index (Phi) is 4.57. The van der Waals surface area contributed by atoms with Crippen LogP contribution in [0.15, 0.2) is 18.7 Å². The van der Waals surface area contributed by atoms with Gasteiger partial charge >= 0.3 is 5.95 Å². The predicted molar refractivity (Wildman–Crippen MR) is 61.9 cm³/mol. The Bertz CT molecular complexity index is 343. The van der Waals surface area contributed by atoms with Gasteiger partial charge in [-0.2, -0.15) is 0 Å². The number of rotatable bonds is 6. The summed E-state index contributed by atoms with van der Waals surface area (Å²) >= 11 is 0. The minimum Gasteiger partial charge on any atom is -0.740 e. The molecule has 0 aliphatic heterocycles. The molecule has 0 amide bonds. The van der Waals surface area contributed by atoms with Crippen molar-refractivity contribution in [1.29, 1.82) is 0 Å². The third kappa shape index (κ3) is 3.42. The van der Waals surface area contributed by atoms with Gasteiger partial charge in [0.05, 0.1) is 18.4 Å². The second kappa shape index (κ2) is 5.95. The number of anilines is 1. The molecule has 0 aliphatic rings. The highest BCUT2D eigenvalue weighted by molar-refractivity contribution is 5.19. The molecule has 0 atom stereocenters. The third-order valence-electron chi connectivity index (χ3n) is 2.14. The van der Waals surface area contributed by atoms with Crippen molar-refractivity contribution in [3.05, 3.63) is 29.6 Å². The summed E-state index contributed by atoms with van der Waals surface area (Å²) < 4.78 is 5.97. The fourth-order valence-electron chi connectivity index (χ4n) is 1.25. The quantitative estimate of drug-likeness (QED) is 0.342. The molecule has 0 aromatic carbocycles. The Hall–Kier alpha value is -1.78. The summed E-state index contributed by atoms with van der Waals surface area (Å²) in [7, 11) is 0. The molecule has 1 rings (SSSR count). The van der Waals surface area contributed by atoms with Crippen LogP contribution in [-0.2, 0) is 0 Å². The Morgan fingerprint density at radius 1 is 1.62 bits per heavy atom. The summed E-state index contributed by atoms with van der Waals surface area (Å²) in [6.07, 6.45) is 4.82. The maximum atomic E-state index is 11.2. The first-order chi connectivity index (χ1) is 7.65. The number of unbranched alkanes of at least 4 members (excludes halogenated alkanes) is 2. The van der Waals surface area contributed by atoms with E-state index in [1.54, 1.807) is 13.0 Å². The highest BCUT2D eigenvalue weighted by Gasteiger charge is 2.08. The van der Waals surface area contributed by atoms with Gasteiger partial charge < -0.3 is 9.94 Å². The summed E-state index contributed by atoms with van der Waals surface area (Å²) in [5.74, 6) is 0.321. The predicted octanol–water partition coefficient (Wildman–Crippen LogP) is 1.34. The first kappa shape index (κ1) is 12.3. The lowest BCUT2D eigenvalue weighted by Gasteiger charge is -2.09. The SMILES string of the molecule is C=CCCCCOc1cc(C)[n+]([O-])c(N)n1. The monoisotopic (exact) mass is 223 g/mol. The molecule has 0 aliphatic carbocycles. The Morgan fingerprint density at radius 3 is 3.00 bits per heavy atom. The first-order valence-electron chi connectivity index (χ1n) is 5.25. The zero-order valence-corrected chi connectivity index (χ0v) is 9.48. The number of nitrogens with zero attached hydrogens (tertiary/aromatic N) is 2. The molecule has 5 heteroatoms. The average Bonchev–Trinajstić information content (AvgIpc) is 2.25. The van der Waals surface area contributed by atoms with E-state index in [1.165, 1.54) is 0 Å². The number of aryl methyl sites for hydroxylation is 1. The zero-order chi connectivity index (χ0) is 12.0. The summed E-state index contributed by atoms with van der Waals surface area (Å²) in [5, 5.41) is 11.2. The van der Waals surface area contributed by atoms with Crippen molar-refractivity contribution in [2.24, 2.45) is 0 Å². The van der Waals surface area contributed by atoms with Crippen LogP contribution in [0.25, 0.3) is 0 Å². The van der Waals surface area contributed by atoms with Crippen LogP contribution in [0.1, 0.15) is 25.0 Å². The third-order valence-corrected chi connectivity index (χ3v) is 2.14. The topological polar surface area (TPSA) is 75.1 Å². The van der Waals surface area contributed by atoms with Gasteiger partial charge in [-0.25, -0.2) is 4.73 Å². The number of allylic oxidation sites excluding steroid dienone is 1. The van der Waals surface area contributed by atoms with Gasteiger partial charge in [-0.15, -0.1) is 6.58 Å². The molecule has 0 saturated heterocycles. The largest absolute Gasteiger partial charge is 0.740 e. The van der Waals surface area contributed by atoms with Crippen LogP contribution in [0, 0.1) is 12.1 Å².